The van der Waals surface area contributed by atoms with Crippen LogP contribution in [0.3, 0.4) is 0 Å². The summed E-state index contributed by atoms with van der Waals surface area (Å²) in [4.78, 5) is 22.9. The predicted octanol–water partition coefficient (Wildman–Crippen LogP) is 1.07. The van der Waals surface area contributed by atoms with Gasteiger partial charge in [-0.15, -0.1) is 0 Å². The normalized spacial score (nSPS) is 12.8. The molecule has 6 heteroatoms. The largest absolute Gasteiger partial charge is 0.419 e. The van der Waals surface area contributed by atoms with Crippen LogP contribution in [0.25, 0.3) is 0 Å². The van der Waals surface area contributed by atoms with E-state index < -0.39 is 29.9 Å². The molecule has 1 atom stereocenters. The van der Waals surface area contributed by atoms with Crippen LogP contribution in [0.15, 0.2) is 24.3 Å². The van der Waals surface area contributed by atoms with E-state index in [1.54, 1.807) is 0 Å². The third-order valence-corrected chi connectivity index (χ3v) is 2.17. The molecular formula is C14H22O6. The summed E-state index contributed by atoms with van der Waals surface area (Å²) in [5, 5.41) is 19.6. The summed E-state index contributed by atoms with van der Waals surface area (Å²) in [5.41, 5.74) is -1.03. The molecule has 0 aliphatic carbocycles. The first-order valence-electron chi connectivity index (χ1n) is 6.07. The van der Waals surface area contributed by atoms with Gasteiger partial charge in [-0.3, -0.25) is 0 Å². The molecule has 0 aromatic heterocycles. The van der Waals surface area contributed by atoms with E-state index in [0.29, 0.717) is 0 Å². The fourth-order valence-corrected chi connectivity index (χ4v) is 1.20. The zero-order valence-corrected chi connectivity index (χ0v) is 12.3. The maximum absolute atomic E-state index is 11.5. The third-order valence-electron chi connectivity index (χ3n) is 2.17. The summed E-state index contributed by atoms with van der Waals surface area (Å²) in [5.74, 6) is -1.61. The minimum absolute atomic E-state index is 0.0943. The van der Waals surface area contributed by atoms with Crippen molar-refractivity contribution in [3.05, 3.63) is 24.3 Å². The highest BCUT2D eigenvalue weighted by atomic mass is 16.7. The van der Waals surface area contributed by atoms with Crippen molar-refractivity contribution in [2.45, 2.75) is 52.1 Å². The summed E-state index contributed by atoms with van der Waals surface area (Å²) in [6.45, 7) is 12.6. The molecule has 0 aromatic carbocycles. The van der Waals surface area contributed by atoms with Crippen molar-refractivity contribution >= 4 is 11.9 Å². The number of hydrogen-bond acceptors (Lipinski definition) is 6. The summed E-state index contributed by atoms with van der Waals surface area (Å²) in [6, 6.07) is 0. The Bertz CT molecular complexity index is 376. The fourth-order valence-electron chi connectivity index (χ4n) is 1.20. The average Bonchev–Trinajstić information content (AvgIpc) is 2.24. The lowest BCUT2D eigenvalue weighted by Crippen LogP contribution is -2.40. The molecule has 0 bridgehead atoms. The van der Waals surface area contributed by atoms with Gasteiger partial charge >= 0.3 is 11.9 Å². The molecule has 1 unspecified atom stereocenters. The molecule has 0 amide bonds. The summed E-state index contributed by atoms with van der Waals surface area (Å²) in [7, 11) is 0. The maximum atomic E-state index is 11.5. The fraction of sp³-hybridized carbons (Fsp3) is 0.571. The number of aliphatic hydroxyl groups excluding tert-OH is 1. The van der Waals surface area contributed by atoms with Crippen LogP contribution in [-0.4, -0.2) is 40.1 Å². The first kappa shape index (κ1) is 18.3. The van der Waals surface area contributed by atoms with Crippen LogP contribution in [0.4, 0.5) is 0 Å². The molecule has 0 aromatic rings. The quantitative estimate of drug-likeness (QED) is 0.413. The molecule has 0 saturated heterocycles. The van der Waals surface area contributed by atoms with Gasteiger partial charge in [-0.1, -0.05) is 13.2 Å². The molecular weight excluding hydrogens is 264 g/mol. The lowest BCUT2D eigenvalue weighted by Gasteiger charge is -2.27. The second kappa shape index (κ2) is 7.21. The topological polar surface area (TPSA) is 93.1 Å². The van der Waals surface area contributed by atoms with Crippen LogP contribution < -0.4 is 0 Å². The third kappa shape index (κ3) is 7.06. The van der Waals surface area contributed by atoms with Gasteiger partial charge in [-0.05, 0) is 27.7 Å². The smallest absolute Gasteiger partial charge is 0.336 e. The van der Waals surface area contributed by atoms with Gasteiger partial charge in [-0.25, -0.2) is 9.59 Å². The van der Waals surface area contributed by atoms with Gasteiger partial charge in [0.05, 0.1) is 5.60 Å². The van der Waals surface area contributed by atoms with Gasteiger partial charge < -0.3 is 19.7 Å². The van der Waals surface area contributed by atoms with Gasteiger partial charge in [-0.2, -0.15) is 0 Å². The van der Waals surface area contributed by atoms with E-state index in [0.717, 1.165) is 0 Å². The van der Waals surface area contributed by atoms with E-state index in [1.165, 1.54) is 27.7 Å². The number of rotatable bonds is 7. The molecule has 0 fully saturated rings. The van der Waals surface area contributed by atoms with Gasteiger partial charge in [0, 0.05) is 17.6 Å². The predicted molar refractivity (Wildman–Crippen MR) is 72.5 cm³/mol. The first-order chi connectivity index (χ1) is 8.94. The van der Waals surface area contributed by atoms with Crippen molar-refractivity contribution in [2.75, 3.05) is 0 Å². The van der Waals surface area contributed by atoms with Crippen molar-refractivity contribution in [3.63, 3.8) is 0 Å². The highest BCUT2D eigenvalue weighted by molar-refractivity contribution is 5.88. The van der Waals surface area contributed by atoms with Crippen molar-refractivity contribution < 1.29 is 29.3 Å². The summed E-state index contributed by atoms with van der Waals surface area (Å²) in [6.07, 6.45) is -3.05. The van der Waals surface area contributed by atoms with E-state index in [4.69, 9.17) is 9.47 Å². The van der Waals surface area contributed by atoms with Gasteiger partial charge in [0.2, 0.25) is 0 Å². The minimum atomic E-state index is -1.53. The Hall–Kier alpha value is -1.66. The monoisotopic (exact) mass is 286 g/mol. The molecule has 0 spiro atoms. The van der Waals surface area contributed by atoms with Crippen LogP contribution >= 0.6 is 0 Å². The van der Waals surface area contributed by atoms with Crippen molar-refractivity contribution in [1.29, 1.82) is 0 Å². The van der Waals surface area contributed by atoms with E-state index in [-0.39, 0.29) is 17.6 Å². The number of carbonyl (C=O) groups excluding carboxylic acids is 2. The Kier molecular flexibility index (Phi) is 6.61. The lowest BCUT2D eigenvalue weighted by molar-refractivity contribution is -0.206. The highest BCUT2D eigenvalue weighted by Crippen LogP contribution is 2.17. The molecule has 0 aliphatic heterocycles. The van der Waals surface area contributed by atoms with Crippen LogP contribution in [0, 0.1) is 0 Å². The Morgan fingerprint density at radius 3 is 1.70 bits per heavy atom. The number of carbonyl (C=O) groups is 2. The van der Waals surface area contributed by atoms with Crippen LogP contribution in [-0.2, 0) is 19.1 Å². The minimum Gasteiger partial charge on any atom is -0.419 e. The SMILES string of the molecule is C=C(C)C(=O)OC(OC(=O)C(=C)C)C(O)CC(C)(C)O. The Labute approximate surface area is 118 Å². The van der Waals surface area contributed by atoms with E-state index in [2.05, 4.69) is 13.2 Å². The van der Waals surface area contributed by atoms with Crippen molar-refractivity contribution in [2.24, 2.45) is 0 Å². The Morgan fingerprint density at radius 2 is 1.45 bits per heavy atom. The maximum Gasteiger partial charge on any atom is 0.336 e. The van der Waals surface area contributed by atoms with Gasteiger partial charge in [0.25, 0.3) is 6.29 Å². The number of esters is 2. The number of ether oxygens (including phenoxy) is 2. The summed E-state index contributed by atoms with van der Waals surface area (Å²) >= 11 is 0. The first-order valence-corrected chi connectivity index (χ1v) is 6.07. The second-order valence-electron chi connectivity index (χ2n) is 5.32. The molecule has 0 rings (SSSR count). The van der Waals surface area contributed by atoms with E-state index >= 15 is 0 Å². The zero-order valence-electron chi connectivity index (χ0n) is 12.3. The Balaban J connectivity index is 4.95. The zero-order chi connectivity index (χ0) is 16.1. The molecule has 2 N–H and O–H groups in total. The second-order valence-corrected chi connectivity index (χ2v) is 5.32. The van der Waals surface area contributed by atoms with Crippen molar-refractivity contribution in [3.8, 4) is 0 Å². The van der Waals surface area contributed by atoms with Crippen LogP contribution in [0.1, 0.15) is 34.1 Å². The molecule has 0 aliphatic rings. The number of hydrogen-bond donors (Lipinski definition) is 2. The summed E-state index contributed by atoms with van der Waals surface area (Å²) < 4.78 is 9.71. The molecule has 114 valence electrons. The molecule has 6 nitrogen and oxygen atoms in total. The van der Waals surface area contributed by atoms with Crippen LogP contribution in [0.2, 0.25) is 0 Å². The standard InChI is InChI=1S/C14H22O6/c1-8(2)11(16)19-13(20-12(17)9(3)4)10(15)7-14(5,6)18/h10,13,15,18H,1,3,7H2,2,4-6H3. The van der Waals surface area contributed by atoms with Gasteiger partial charge in [0.15, 0.2) is 0 Å². The number of aliphatic hydroxyl groups is 2. The van der Waals surface area contributed by atoms with Crippen molar-refractivity contribution in [1.82, 2.24) is 0 Å². The molecule has 20 heavy (non-hydrogen) atoms. The van der Waals surface area contributed by atoms with E-state index in [1.807, 2.05) is 0 Å². The average molecular weight is 286 g/mol. The molecule has 0 heterocycles. The molecule has 0 saturated carbocycles. The van der Waals surface area contributed by atoms with Gasteiger partial charge in [0.1, 0.15) is 6.10 Å². The van der Waals surface area contributed by atoms with E-state index in [9.17, 15) is 19.8 Å². The molecule has 0 radical (unpaired) electrons. The Morgan fingerprint density at radius 1 is 1.10 bits per heavy atom. The lowest BCUT2D eigenvalue weighted by atomic mass is 10.0. The highest BCUT2D eigenvalue weighted by Gasteiger charge is 2.32. The van der Waals surface area contributed by atoms with Crippen LogP contribution in [0.5, 0.6) is 0 Å².